The van der Waals surface area contributed by atoms with Gasteiger partial charge >= 0.3 is 6.18 Å². The maximum absolute atomic E-state index is 13.1. The number of carbonyl (C=O) groups is 1. The number of nitrogens with one attached hydrogen (secondary N) is 1. The number of amides is 1. The monoisotopic (exact) mass is 511 g/mol. The first kappa shape index (κ1) is 24.5. The summed E-state index contributed by atoms with van der Waals surface area (Å²) in [6.07, 6.45) is -2.62. The summed E-state index contributed by atoms with van der Waals surface area (Å²) in [6.45, 7) is 6.54. The molecule has 0 saturated carbocycles. The lowest BCUT2D eigenvalue weighted by Crippen LogP contribution is -2.34. The Bertz CT molecular complexity index is 1550. The summed E-state index contributed by atoms with van der Waals surface area (Å²) in [5.41, 5.74) is 0.336. The molecule has 15 heteroatoms. The molecule has 4 aromatic heterocycles. The van der Waals surface area contributed by atoms with Crippen LogP contribution in [0.5, 0.6) is 0 Å². The van der Waals surface area contributed by atoms with E-state index in [-0.39, 0.29) is 34.1 Å². The van der Waals surface area contributed by atoms with Gasteiger partial charge in [0.05, 0.1) is 16.9 Å². The van der Waals surface area contributed by atoms with Crippen LogP contribution in [-0.2, 0) is 20.9 Å². The predicted molar refractivity (Wildman–Crippen MR) is 116 cm³/mol. The third-order valence-electron chi connectivity index (χ3n) is 4.73. The zero-order valence-electron chi connectivity index (χ0n) is 19.0. The predicted octanol–water partition coefficient (Wildman–Crippen LogP) is 2.71. The van der Waals surface area contributed by atoms with Crippen molar-refractivity contribution in [2.24, 2.45) is 0 Å². The number of rotatable bonds is 5. The molecule has 0 aromatic carbocycles. The standard InChI is InChI=1S/C20H20F3N7O4S/c1-5-35(32,33)18-14(15-25-13-7-6-11(20(21,22)23)10-29(13)26-15)16-24-9-8-12(30(16)27-18)17(31)28-34-19(2,3)4/h6-10H,5H2,1-4H3,(H,28,31). The maximum atomic E-state index is 13.1. The third kappa shape index (κ3) is 4.68. The smallest absolute Gasteiger partial charge is 0.268 e. The summed E-state index contributed by atoms with van der Waals surface area (Å²) in [4.78, 5) is 26.4. The van der Waals surface area contributed by atoms with Gasteiger partial charge in [0.15, 0.2) is 32.0 Å². The number of alkyl halides is 3. The zero-order chi connectivity index (χ0) is 25.8. The number of hydrogen-bond donors (Lipinski definition) is 1. The first-order chi connectivity index (χ1) is 16.2. The second-order valence-corrected chi connectivity index (χ2v) is 10.6. The number of carbonyl (C=O) groups excluding carboxylic acids is 1. The van der Waals surface area contributed by atoms with Crippen molar-refractivity contribution in [3.05, 3.63) is 41.9 Å². The molecule has 1 amide bonds. The van der Waals surface area contributed by atoms with Crippen molar-refractivity contribution in [2.45, 2.75) is 44.5 Å². The van der Waals surface area contributed by atoms with Gasteiger partial charge in [0.2, 0.25) is 0 Å². The molecular formula is C20H20F3N7O4S. The first-order valence-corrected chi connectivity index (χ1v) is 11.9. The number of halogens is 3. The highest BCUT2D eigenvalue weighted by Gasteiger charge is 2.33. The van der Waals surface area contributed by atoms with Crippen LogP contribution >= 0.6 is 0 Å². The van der Waals surface area contributed by atoms with Crippen molar-refractivity contribution in [2.75, 3.05) is 5.75 Å². The fourth-order valence-electron chi connectivity index (χ4n) is 3.06. The van der Waals surface area contributed by atoms with E-state index in [1.807, 2.05) is 0 Å². The average molecular weight is 511 g/mol. The number of fused-ring (bicyclic) bond motifs is 2. The van der Waals surface area contributed by atoms with Gasteiger partial charge in [0.1, 0.15) is 11.3 Å². The molecule has 0 bridgehead atoms. The molecule has 4 heterocycles. The molecule has 35 heavy (non-hydrogen) atoms. The molecule has 0 saturated heterocycles. The summed E-state index contributed by atoms with van der Waals surface area (Å²) in [6, 6.07) is 3.25. The lowest BCUT2D eigenvalue weighted by molar-refractivity contribution is -0.137. The molecule has 4 rings (SSSR count). The minimum Gasteiger partial charge on any atom is -0.268 e. The molecule has 0 fully saturated rings. The molecule has 0 unspecified atom stereocenters. The molecule has 0 spiro atoms. The van der Waals surface area contributed by atoms with Gasteiger partial charge in [-0.3, -0.25) is 9.63 Å². The average Bonchev–Trinajstić information content (AvgIpc) is 3.37. The van der Waals surface area contributed by atoms with Crippen LogP contribution in [0.4, 0.5) is 13.2 Å². The molecule has 4 aromatic rings. The minimum atomic E-state index is -4.61. The Kier molecular flexibility index (Phi) is 5.79. The van der Waals surface area contributed by atoms with Crippen molar-refractivity contribution in [1.82, 2.24) is 34.7 Å². The van der Waals surface area contributed by atoms with Gasteiger partial charge in [-0.25, -0.2) is 32.9 Å². The Balaban J connectivity index is 1.93. The molecule has 0 aliphatic carbocycles. The van der Waals surface area contributed by atoms with Crippen molar-refractivity contribution in [1.29, 1.82) is 0 Å². The quantitative estimate of drug-likeness (QED) is 0.405. The van der Waals surface area contributed by atoms with Gasteiger partial charge < -0.3 is 0 Å². The lowest BCUT2D eigenvalue weighted by atomic mass is 10.2. The summed E-state index contributed by atoms with van der Waals surface area (Å²) in [5, 5.41) is 7.70. The van der Waals surface area contributed by atoms with E-state index >= 15 is 0 Å². The molecule has 0 radical (unpaired) electrons. The van der Waals surface area contributed by atoms with E-state index in [1.54, 1.807) is 20.8 Å². The SMILES string of the molecule is CCS(=O)(=O)c1nn2c(C(=O)NOC(C)(C)C)ccnc2c1-c1nc2ccc(C(F)(F)F)cn2n1. The van der Waals surface area contributed by atoms with Gasteiger partial charge in [-0.1, -0.05) is 6.92 Å². The number of aromatic nitrogens is 6. The summed E-state index contributed by atoms with van der Waals surface area (Å²) in [5.74, 6) is -1.29. The Hall–Kier alpha value is -3.59. The summed E-state index contributed by atoms with van der Waals surface area (Å²) >= 11 is 0. The van der Waals surface area contributed by atoms with Crippen LogP contribution < -0.4 is 5.48 Å². The van der Waals surface area contributed by atoms with Gasteiger partial charge in [0, 0.05) is 12.4 Å². The number of hydroxylamine groups is 1. The van der Waals surface area contributed by atoms with E-state index in [1.165, 1.54) is 19.2 Å². The Labute approximate surface area is 196 Å². The van der Waals surface area contributed by atoms with E-state index < -0.39 is 38.1 Å². The number of hydrogen-bond acceptors (Lipinski definition) is 8. The van der Waals surface area contributed by atoms with E-state index in [4.69, 9.17) is 4.84 Å². The fraction of sp³-hybridized carbons (Fsp3) is 0.350. The van der Waals surface area contributed by atoms with Crippen LogP contribution in [0.25, 0.3) is 22.7 Å². The Morgan fingerprint density at radius 3 is 2.49 bits per heavy atom. The molecule has 0 aliphatic heterocycles. The number of nitrogens with zero attached hydrogens (tertiary/aromatic N) is 6. The first-order valence-electron chi connectivity index (χ1n) is 10.2. The van der Waals surface area contributed by atoms with Crippen LogP contribution in [0.1, 0.15) is 43.7 Å². The van der Waals surface area contributed by atoms with E-state index in [2.05, 4.69) is 25.6 Å². The van der Waals surface area contributed by atoms with Crippen molar-refractivity contribution in [3.8, 4) is 11.4 Å². The normalized spacial score (nSPS) is 13.0. The molecule has 186 valence electrons. The van der Waals surface area contributed by atoms with Crippen LogP contribution in [0.15, 0.2) is 35.6 Å². The molecule has 1 N–H and O–H groups in total. The minimum absolute atomic E-state index is 0.0414. The highest BCUT2D eigenvalue weighted by atomic mass is 32.2. The van der Waals surface area contributed by atoms with Gasteiger partial charge in [-0.2, -0.15) is 18.3 Å². The Morgan fingerprint density at radius 2 is 1.86 bits per heavy atom. The summed E-state index contributed by atoms with van der Waals surface area (Å²) in [7, 11) is -3.99. The van der Waals surface area contributed by atoms with Gasteiger partial charge in [0.25, 0.3) is 5.91 Å². The van der Waals surface area contributed by atoms with Gasteiger partial charge in [-0.05, 0) is 39.0 Å². The van der Waals surface area contributed by atoms with Crippen LogP contribution in [-0.4, -0.2) is 54.9 Å². The largest absolute Gasteiger partial charge is 0.417 e. The highest BCUT2D eigenvalue weighted by Crippen LogP contribution is 2.32. The van der Waals surface area contributed by atoms with Crippen molar-refractivity contribution < 1.29 is 31.2 Å². The molecular weight excluding hydrogens is 491 g/mol. The lowest BCUT2D eigenvalue weighted by Gasteiger charge is -2.18. The molecule has 0 atom stereocenters. The number of pyridine rings is 1. The zero-order valence-corrected chi connectivity index (χ0v) is 19.8. The van der Waals surface area contributed by atoms with Crippen LogP contribution in [0.3, 0.4) is 0 Å². The highest BCUT2D eigenvalue weighted by molar-refractivity contribution is 7.91. The molecule has 0 aliphatic rings. The molecule has 11 nitrogen and oxygen atoms in total. The van der Waals surface area contributed by atoms with Crippen molar-refractivity contribution >= 4 is 27.0 Å². The topological polar surface area (TPSA) is 133 Å². The Morgan fingerprint density at radius 1 is 1.14 bits per heavy atom. The van der Waals surface area contributed by atoms with E-state index in [0.717, 1.165) is 27.4 Å². The van der Waals surface area contributed by atoms with Crippen LogP contribution in [0.2, 0.25) is 0 Å². The second kappa shape index (κ2) is 8.27. The number of sulfone groups is 1. The maximum Gasteiger partial charge on any atom is 0.417 e. The third-order valence-corrected chi connectivity index (χ3v) is 6.36. The fourth-order valence-corrected chi connectivity index (χ4v) is 4.03. The van der Waals surface area contributed by atoms with Gasteiger partial charge in [-0.15, -0.1) is 5.10 Å². The van der Waals surface area contributed by atoms with E-state index in [9.17, 15) is 26.4 Å². The summed E-state index contributed by atoms with van der Waals surface area (Å²) < 4.78 is 67.0. The second-order valence-electron chi connectivity index (χ2n) is 8.45. The van der Waals surface area contributed by atoms with Crippen LogP contribution in [0, 0.1) is 0 Å². The van der Waals surface area contributed by atoms with Crippen molar-refractivity contribution in [3.63, 3.8) is 0 Å². The van der Waals surface area contributed by atoms with E-state index in [0.29, 0.717) is 0 Å².